The first-order valence-electron chi connectivity index (χ1n) is 9.84. The van der Waals surface area contributed by atoms with Gasteiger partial charge in [-0.25, -0.2) is 0 Å². The number of amides is 1. The van der Waals surface area contributed by atoms with Crippen LogP contribution in [-0.4, -0.2) is 41.0 Å². The van der Waals surface area contributed by atoms with Gasteiger partial charge in [0.05, 0.1) is 24.3 Å². The second-order valence-corrected chi connectivity index (χ2v) is 7.67. The molecular weight excluding hydrogens is 392 g/mol. The molecule has 2 aromatic heterocycles. The van der Waals surface area contributed by atoms with Crippen molar-refractivity contribution < 1.29 is 18.7 Å². The molecule has 0 radical (unpaired) electrons. The Balaban J connectivity index is 1.55. The maximum Gasteiger partial charge on any atom is 0.309 e. The van der Waals surface area contributed by atoms with Crippen molar-refractivity contribution in [1.82, 2.24) is 9.47 Å². The van der Waals surface area contributed by atoms with Gasteiger partial charge in [0, 0.05) is 36.8 Å². The van der Waals surface area contributed by atoms with Crippen LogP contribution >= 0.6 is 11.6 Å². The molecule has 4 rings (SSSR count). The van der Waals surface area contributed by atoms with E-state index in [9.17, 15) is 9.59 Å². The number of rotatable bonds is 5. The van der Waals surface area contributed by atoms with Crippen molar-refractivity contribution >= 4 is 34.6 Å². The minimum absolute atomic E-state index is 0.0549. The number of nitrogens with zero attached hydrogens (tertiary/aromatic N) is 2. The number of furan rings is 1. The molecule has 6 nitrogen and oxygen atoms in total. The van der Waals surface area contributed by atoms with Gasteiger partial charge in [-0.15, -0.1) is 0 Å². The molecule has 0 atom stereocenters. The van der Waals surface area contributed by atoms with Gasteiger partial charge in [0.2, 0.25) is 0 Å². The summed E-state index contributed by atoms with van der Waals surface area (Å²) >= 11 is 6.13. The molecule has 1 fully saturated rings. The van der Waals surface area contributed by atoms with Crippen LogP contribution in [0.15, 0.2) is 47.1 Å². The van der Waals surface area contributed by atoms with Gasteiger partial charge in [-0.2, -0.15) is 0 Å². The summed E-state index contributed by atoms with van der Waals surface area (Å²) in [5.41, 5.74) is 3.13. The van der Waals surface area contributed by atoms with Crippen molar-refractivity contribution in [1.29, 1.82) is 0 Å². The minimum Gasteiger partial charge on any atom is -0.466 e. The van der Waals surface area contributed by atoms with Gasteiger partial charge in [-0.05, 0) is 37.5 Å². The molecule has 1 saturated heterocycles. The number of hydrogen-bond acceptors (Lipinski definition) is 4. The largest absolute Gasteiger partial charge is 0.466 e. The smallest absolute Gasteiger partial charge is 0.309 e. The lowest BCUT2D eigenvalue weighted by Gasteiger charge is -2.31. The number of aromatic nitrogens is 1. The zero-order valence-corrected chi connectivity index (χ0v) is 17.0. The van der Waals surface area contributed by atoms with Gasteiger partial charge in [0.1, 0.15) is 5.69 Å². The number of esters is 1. The molecule has 0 unspecified atom stereocenters. The lowest BCUT2D eigenvalue weighted by Crippen LogP contribution is -2.41. The molecule has 7 heteroatoms. The van der Waals surface area contributed by atoms with E-state index in [0.717, 1.165) is 11.1 Å². The van der Waals surface area contributed by atoms with Crippen LogP contribution < -0.4 is 0 Å². The maximum absolute atomic E-state index is 13.3. The Morgan fingerprint density at radius 1 is 1.21 bits per heavy atom. The Morgan fingerprint density at radius 3 is 2.72 bits per heavy atom. The van der Waals surface area contributed by atoms with Gasteiger partial charge in [-0.3, -0.25) is 9.59 Å². The molecule has 0 N–H and O–H groups in total. The SMILES string of the molecule is CCOC(=O)C1CCN(C(=O)c2cc3occc3n2Cc2cccc(Cl)c2)CC1. The van der Waals surface area contributed by atoms with E-state index in [2.05, 4.69) is 0 Å². The molecule has 0 bridgehead atoms. The van der Waals surface area contributed by atoms with Gasteiger partial charge in [-0.1, -0.05) is 23.7 Å². The Kier molecular flexibility index (Phi) is 5.62. The van der Waals surface area contributed by atoms with Crippen LogP contribution in [0.3, 0.4) is 0 Å². The first-order valence-corrected chi connectivity index (χ1v) is 10.2. The Hall–Kier alpha value is -2.73. The van der Waals surface area contributed by atoms with Crippen LogP contribution in [0, 0.1) is 5.92 Å². The molecule has 152 valence electrons. The summed E-state index contributed by atoms with van der Waals surface area (Å²) in [7, 11) is 0. The van der Waals surface area contributed by atoms with Gasteiger partial charge in [0.25, 0.3) is 5.91 Å². The summed E-state index contributed by atoms with van der Waals surface area (Å²) in [6, 6.07) is 11.3. The highest BCUT2D eigenvalue weighted by molar-refractivity contribution is 6.30. The number of carbonyl (C=O) groups is 2. The molecule has 0 aliphatic carbocycles. The fourth-order valence-electron chi connectivity index (χ4n) is 3.88. The van der Waals surface area contributed by atoms with E-state index in [0.29, 0.717) is 55.4 Å². The number of benzene rings is 1. The molecular formula is C22H23ClN2O4. The molecule has 1 aliphatic rings. The predicted molar refractivity (Wildman–Crippen MR) is 110 cm³/mol. The fraction of sp³-hybridized carbons (Fsp3) is 0.364. The van der Waals surface area contributed by atoms with E-state index in [-0.39, 0.29) is 17.8 Å². The highest BCUT2D eigenvalue weighted by Gasteiger charge is 2.30. The summed E-state index contributed by atoms with van der Waals surface area (Å²) in [6.45, 7) is 3.77. The van der Waals surface area contributed by atoms with Crippen molar-refractivity contribution in [3.63, 3.8) is 0 Å². The number of fused-ring (bicyclic) bond motifs is 1. The van der Waals surface area contributed by atoms with E-state index in [4.69, 9.17) is 20.8 Å². The van der Waals surface area contributed by atoms with Gasteiger partial charge < -0.3 is 18.6 Å². The van der Waals surface area contributed by atoms with Crippen LogP contribution in [0.2, 0.25) is 5.02 Å². The normalized spacial score (nSPS) is 15.0. The van der Waals surface area contributed by atoms with Crippen molar-refractivity contribution in [2.75, 3.05) is 19.7 Å². The second kappa shape index (κ2) is 8.33. The summed E-state index contributed by atoms with van der Waals surface area (Å²) in [5.74, 6) is -0.351. The van der Waals surface area contributed by atoms with Crippen LogP contribution in [-0.2, 0) is 16.1 Å². The average Bonchev–Trinajstić information content (AvgIpc) is 3.30. The Labute approximate surface area is 174 Å². The molecule has 1 aromatic carbocycles. The first kappa shape index (κ1) is 19.6. The average molecular weight is 415 g/mol. The number of ether oxygens (including phenoxy) is 1. The number of halogens is 1. The summed E-state index contributed by atoms with van der Waals surface area (Å²) in [4.78, 5) is 27.0. The molecule has 29 heavy (non-hydrogen) atoms. The molecule has 1 amide bonds. The Bertz CT molecular complexity index is 1030. The Morgan fingerprint density at radius 2 is 2.00 bits per heavy atom. The number of carbonyl (C=O) groups excluding carboxylic acids is 2. The first-order chi connectivity index (χ1) is 14.1. The third-order valence-electron chi connectivity index (χ3n) is 5.37. The highest BCUT2D eigenvalue weighted by Crippen LogP contribution is 2.26. The topological polar surface area (TPSA) is 64.7 Å². The summed E-state index contributed by atoms with van der Waals surface area (Å²) < 4.78 is 12.6. The number of likely N-dealkylation sites (tertiary alicyclic amines) is 1. The van der Waals surface area contributed by atoms with Crippen LogP contribution in [0.1, 0.15) is 35.8 Å². The summed E-state index contributed by atoms with van der Waals surface area (Å²) in [5, 5.41) is 0.659. The second-order valence-electron chi connectivity index (χ2n) is 7.23. The van der Waals surface area contributed by atoms with Crippen molar-refractivity contribution in [3.8, 4) is 0 Å². The zero-order chi connectivity index (χ0) is 20.4. The third-order valence-corrected chi connectivity index (χ3v) is 5.61. The van der Waals surface area contributed by atoms with Crippen molar-refractivity contribution in [3.05, 3.63) is 58.9 Å². The van der Waals surface area contributed by atoms with Gasteiger partial charge >= 0.3 is 5.97 Å². The predicted octanol–water partition coefficient (Wildman–Crippen LogP) is 4.35. The highest BCUT2D eigenvalue weighted by atomic mass is 35.5. The molecule has 3 aromatic rings. The standard InChI is InChI=1S/C22H23ClN2O4/c1-2-28-22(27)16-6-9-24(10-7-16)21(26)19-13-20-18(8-11-29-20)25(19)14-15-4-3-5-17(23)12-15/h3-5,8,11-13,16H,2,6-7,9-10,14H2,1H3. The van der Waals surface area contributed by atoms with Crippen LogP contribution in [0.4, 0.5) is 0 Å². The minimum atomic E-state index is -0.165. The third kappa shape index (κ3) is 4.03. The van der Waals surface area contributed by atoms with Crippen molar-refractivity contribution in [2.45, 2.75) is 26.3 Å². The van der Waals surface area contributed by atoms with E-state index in [1.807, 2.05) is 34.9 Å². The van der Waals surface area contributed by atoms with E-state index in [1.165, 1.54) is 0 Å². The van der Waals surface area contributed by atoms with Crippen LogP contribution in [0.5, 0.6) is 0 Å². The quantitative estimate of drug-likeness (QED) is 0.582. The molecule has 3 heterocycles. The molecule has 1 aliphatic heterocycles. The monoisotopic (exact) mass is 414 g/mol. The zero-order valence-electron chi connectivity index (χ0n) is 16.3. The molecule has 0 saturated carbocycles. The number of piperidine rings is 1. The lowest BCUT2D eigenvalue weighted by molar-refractivity contribution is -0.149. The van der Waals surface area contributed by atoms with Gasteiger partial charge in [0.15, 0.2) is 5.58 Å². The van der Waals surface area contributed by atoms with Crippen LogP contribution in [0.25, 0.3) is 11.1 Å². The van der Waals surface area contributed by atoms with E-state index < -0.39 is 0 Å². The number of hydrogen-bond donors (Lipinski definition) is 0. The fourth-order valence-corrected chi connectivity index (χ4v) is 4.10. The summed E-state index contributed by atoms with van der Waals surface area (Å²) in [6.07, 6.45) is 2.86. The lowest BCUT2D eigenvalue weighted by atomic mass is 9.97. The van der Waals surface area contributed by atoms with Crippen molar-refractivity contribution in [2.24, 2.45) is 5.92 Å². The molecule has 0 spiro atoms. The van der Waals surface area contributed by atoms with E-state index in [1.54, 1.807) is 24.2 Å². The van der Waals surface area contributed by atoms with E-state index >= 15 is 0 Å². The maximum atomic E-state index is 13.3.